The van der Waals surface area contributed by atoms with E-state index in [4.69, 9.17) is 19.2 Å². The fourth-order valence-electron chi connectivity index (χ4n) is 3.81. The van der Waals surface area contributed by atoms with Gasteiger partial charge in [0, 0.05) is 32.4 Å². The number of methoxy groups -OCH3 is 3. The van der Waals surface area contributed by atoms with Crippen molar-refractivity contribution in [1.82, 2.24) is 10.6 Å². The van der Waals surface area contributed by atoms with Gasteiger partial charge in [0.2, 0.25) is 0 Å². The summed E-state index contributed by atoms with van der Waals surface area (Å²) in [4.78, 5) is 4.77. The maximum atomic E-state index is 5.51. The number of para-hydroxylation sites is 1. The SMILES string of the molecule is CCNC(=NCc1cccc(OC)c1OC)NCC1(CCOC)CCCC1. The summed E-state index contributed by atoms with van der Waals surface area (Å²) in [5.74, 6) is 2.31. The molecule has 6 heteroatoms. The summed E-state index contributed by atoms with van der Waals surface area (Å²) >= 11 is 0. The molecular formula is C21H35N3O3. The van der Waals surface area contributed by atoms with Gasteiger partial charge < -0.3 is 24.8 Å². The Morgan fingerprint density at radius 3 is 2.52 bits per heavy atom. The number of ether oxygens (including phenoxy) is 3. The Kier molecular flexibility index (Phi) is 8.72. The predicted molar refractivity (Wildman–Crippen MR) is 110 cm³/mol. The van der Waals surface area contributed by atoms with E-state index >= 15 is 0 Å². The number of benzene rings is 1. The van der Waals surface area contributed by atoms with E-state index in [1.54, 1.807) is 21.3 Å². The summed E-state index contributed by atoms with van der Waals surface area (Å²) in [5.41, 5.74) is 1.32. The average Bonchev–Trinajstić information content (AvgIpc) is 3.17. The fraction of sp³-hybridized carbons (Fsp3) is 0.667. The van der Waals surface area contributed by atoms with Crippen LogP contribution in [0.15, 0.2) is 23.2 Å². The molecular weight excluding hydrogens is 342 g/mol. The largest absolute Gasteiger partial charge is 0.493 e. The molecule has 1 aliphatic carbocycles. The molecule has 1 aromatic rings. The van der Waals surface area contributed by atoms with Gasteiger partial charge in [-0.3, -0.25) is 0 Å². The smallest absolute Gasteiger partial charge is 0.191 e. The molecule has 27 heavy (non-hydrogen) atoms. The van der Waals surface area contributed by atoms with E-state index in [2.05, 4.69) is 17.6 Å². The Labute approximate surface area is 163 Å². The first-order chi connectivity index (χ1) is 13.2. The maximum Gasteiger partial charge on any atom is 0.191 e. The van der Waals surface area contributed by atoms with Crippen molar-refractivity contribution in [2.24, 2.45) is 10.4 Å². The van der Waals surface area contributed by atoms with Crippen LogP contribution in [-0.4, -0.2) is 47.0 Å². The first kappa shape index (κ1) is 21.4. The van der Waals surface area contributed by atoms with Crippen LogP contribution in [0.25, 0.3) is 0 Å². The van der Waals surface area contributed by atoms with Crippen molar-refractivity contribution in [2.75, 3.05) is 41.0 Å². The summed E-state index contributed by atoms with van der Waals surface area (Å²) in [6.07, 6.45) is 6.22. The lowest BCUT2D eigenvalue weighted by molar-refractivity contribution is 0.138. The van der Waals surface area contributed by atoms with Crippen molar-refractivity contribution >= 4 is 5.96 Å². The van der Waals surface area contributed by atoms with Gasteiger partial charge in [-0.25, -0.2) is 4.99 Å². The number of rotatable bonds is 10. The predicted octanol–water partition coefficient (Wildman–Crippen LogP) is 3.36. The highest BCUT2D eigenvalue weighted by Crippen LogP contribution is 2.40. The quantitative estimate of drug-likeness (QED) is 0.484. The van der Waals surface area contributed by atoms with Crippen molar-refractivity contribution in [2.45, 2.75) is 45.6 Å². The van der Waals surface area contributed by atoms with Crippen LogP contribution >= 0.6 is 0 Å². The molecule has 1 fully saturated rings. The molecule has 0 bridgehead atoms. The Hall–Kier alpha value is -1.95. The number of guanidine groups is 1. The minimum Gasteiger partial charge on any atom is -0.493 e. The van der Waals surface area contributed by atoms with Gasteiger partial charge in [-0.15, -0.1) is 0 Å². The van der Waals surface area contributed by atoms with Gasteiger partial charge in [0.05, 0.1) is 20.8 Å². The summed E-state index contributed by atoms with van der Waals surface area (Å²) in [7, 11) is 5.09. The molecule has 6 nitrogen and oxygen atoms in total. The molecule has 0 unspecified atom stereocenters. The zero-order chi connectivity index (χ0) is 19.5. The lowest BCUT2D eigenvalue weighted by Gasteiger charge is -2.30. The molecule has 2 N–H and O–H groups in total. The highest BCUT2D eigenvalue weighted by Gasteiger charge is 2.33. The first-order valence-electron chi connectivity index (χ1n) is 9.89. The van der Waals surface area contributed by atoms with E-state index in [-0.39, 0.29) is 0 Å². The van der Waals surface area contributed by atoms with Crippen LogP contribution in [0.1, 0.15) is 44.6 Å². The van der Waals surface area contributed by atoms with Crippen molar-refractivity contribution in [3.05, 3.63) is 23.8 Å². The number of hydrogen-bond donors (Lipinski definition) is 2. The molecule has 1 saturated carbocycles. The highest BCUT2D eigenvalue weighted by atomic mass is 16.5. The molecule has 0 spiro atoms. The van der Waals surface area contributed by atoms with Crippen LogP contribution in [-0.2, 0) is 11.3 Å². The van der Waals surface area contributed by atoms with Gasteiger partial charge >= 0.3 is 0 Å². The monoisotopic (exact) mass is 377 g/mol. The minimum atomic E-state index is 0.319. The Bertz CT molecular complexity index is 598. The van der Waals surface area contributed by atoms with E-state index in [1.165, 1.54) is 25.7 Å². The second-order valence-electron chi connectivity index (χ2n) is 7.15. The van der Waals surface area contributed by atoms with E-state index < -0.39 is 0 Å². The van der Waals surface area contributed by atoms with Gasteiger partial charge in [0.1, 0.15) is 0 Å². The van der Waals surface area contributed by atoms with Crippen molar-refractivity contribution in [3.63, 3.8) is 0 Å². The molecule has 1 aromatic carbocycles. The molecule has 0 radical (unpaired) electrons. The summed E-state index contributed by atoms with van der Waals surface area (Å²) in [5, 5.41) is 6.91. The molecule has 1 aliphatic rings. The van der Waals surface area contributed by atoms with Crippen molar-refractivity contribution < 1.29 is 14.2 Å². The summed E-state index contributed by atoms with van der Waals surface area (Å²) in [6.45, 7) is 5.18. The maximum absolute atomic E-state index is 5.51. The van der Waals surface area contributed by atoms with Crippen LogP contribution in [0.3, 0.4) is 0 Å². The first-order valence-corrected chi connectivity index (χ1v) is 9.89. The molecule has 0 aromatic heterocycles. The number of hydrogen-bond acceptors (Lipinski definition) is 4. The summed E-state index contributed by atoms with van der Waals surface area (Å²) < 4.78 is 16.2. The van der Waals surface area contributed by atoms with Gasteiger partial charge in [-0.2, -0.15) is 0 Å². The second kappa shape index (κ2) is 11.0. The Morgan fingerprint density at radius 2 is 1.89 bits per heavy atom. The lowest BCUT2D eigenvalue weighted by atomic mass is 9.83. The molecule has 0 aliphatic heterocycles. The second-order valence-corrected chi connectivity index (χ2v) is 7.15. The average molecular weight is 378 g/mol. The fourth-order valence-corrected chi connectivity index (χ4v) is 3.81. The van der Waals surface area contributed by atoms with Gasteiger partial charge in [0.15, 0.2) is 17.5 Å². The van der Waals surface area contributed by atoms with E-state index in [0.29, 0.717) is 12.0 Å². The topological polar surface area (TPSA) is 64.1 Å². The Balaban J connectivity index is 2.06. The highest BCUT2D eigenvalue weighted by molar-refractivity contribution is 5.79. The lowest BCUT2D eigenvalue weighted by Crippen LogP contribution is -2.43. The van der Waals surface area contributed by atoms with E-state index in [9.17, 15) is 0 Å². The van der Waals surface area contributed by atoms with Crippen LogP contribution in [0.2, 0.25) is 0 Å². The molecule has 0 saturated heterocycles. The molecule has 152 valence electrons. The summed E-state index contributed by atoms with van der Waals surface area (Å²) in [6, 6.07) is 5.88. The van der Waals surface area contributed by atoms with Gasteiger partial charge in [-0.1, -0.05) is 25.0 Å². The molecule has 0 amide bonds. The normalized spacial score (nSPS) is 16.2. The third kappa shape index (κ3) is 6.03. The zero-order valence-electron chi connectivity index (χ0n) is 17.3. The van der Waals surface area contributed by atoms with Crippen LogP contribution < -0.4 is 20.1 Å². The van der Waals surface area contributed by atoms with Crippen molar-refractivity contribution in [1.29, 1.82) is 0 Å². The van der Waals surface area contributed by atoms with Crippen LogP contribution in [0, 0.1) is 5.41 Å². The molecule has 0 heterocycles. The number of nitrogens with one attached hydrogen (secondary N) is 2. The third-order valence-electron chi connectivity index (χ3n) is 5.37. The number of aliphatic imine (C=N–C) groups is 1. The number of nitrogens with zero attached hydrogens (tertiary/aromatic N) is 1. The standard InChI is InChI=1S/C21H35N3O3/c1-5-22-20(24-16-21(13-14-25-2)11-6-7-12-21)23-15-17-9-8-10-18(26-3)19(17)27-4/h8-10H,5-7,11-16H2,1-4H3,(H2,22,23,24). The Morgan fingerprint density at radius 1 is 1.11 bits per heavy atom. The van der Waals surface area contributed by atoms with Gasteiger partial charge in [0.25, 0.3) is 0 Å². The van der Waals surface area contributed by atoms with E-state index in [0.717, 1.165) is 49.1 Å². The van der Waals surface area contributed by atoms with Crippen LogP contribution in [0.5, 0.6) is 11.5 Å². The molecule has 0 atom stereocenters. The molecule has 2 rings (SSSR count). The zero-order valence-corrected chi connectivity index (χ0v) is 17.3. The third-order valence-corrected chi connectivity index (χ3v) is 5.37. The van der Waals surface area contributed by atoms with Crippen molar-refractivity contribution in [3.8, 4) is 11.5 Å². The van der Waals surface area contributed by atoms with Crippen LogP contribution in [0.4, 0.5) is 0 Å². The van der Waals surface area contributed by atoms with E-state index in [1.807, 2.05) is 18.2 Å². The minimum absolute atomic E-state index is 0.319. The van der Waals surface area contributed by atoms with Gasteiger partial charge in [-0.05, 0) is 37.7 Å².